The predicted molar refractivity (Wildman–Crippen MR) is 114 cm³/mol. The van der Waals surface area contributed by atoms with E-state index in [1.807, 2.05) is 0 Å². The van der Waals surface area contributed by atoms with Crippen molar-refractivity contribution in [3.63, 3.8) is 0 Å². The summed E-state index contributed by atoms with van der Waals surface area (Å²) in [4.78, 5) is 24.4. The van der Waals surface area contributed by atoms with Gasteiger partial charge in [-0.2, -0.15) is 0 Å². The summed E-state index contributed by atoms with van der Waals surface area (Å²) in [5.41, 5.74) is 7.22. The summed E-state index contributed by atoms with van der Waals surface area (Å²) in [5, 5.41) is 2.58. The number of cyclic esters (lactones) is 1. The quantitative estimate of drug-likeness (QED) is 0.510. The smallest absolute Gasteiger partial charge is 0.414 e. The Bertz CT molecular complexity index is 1150. The van der Waals surface area contributed by atoms with E-state index in [2.05, 4.69) is 9.71 Å². The van der Waals surface area contributed by atoms with E-state index in [4.69, 9.17) is 10.5 Å². The van der Waals surface area contributed by atoms with Crippen LogP contribution in [-0.4, -0.2) is 51.7 Å². The van der Waals surface area contributed by atoms with Crippen molar-refractivity contribution < 1.29 is 27.1 Å². The minimum absolute atomic E-state index is 0.161. The highest BCUT2D eigenvalue weighted by Gasteiger charge is 2.32. The van der Waals surface area contributed by atoms with Gasteiger partial charge in [0.1, 0.15) is 17.8 Å². The zero-order valence-corrected chi connectivity index (χ0v) is 17.6. The molecule has 31 heavy (non-hydrogen) atoms. The van der Waals surface area contributed by atoms with E-state index < -0.39 is 28.0 Å². The Morgan fingerprint density at radius 2 is 1.97 bits per heavy atom. The van der Waals surface area contributed by atoms with Gasteiger partial charge in [-0.05, 0) is 23.8 Å². The zero-order chi connectivity index (χ0) is 22.8. The molecule has 2 amide bonds. The highest BCUT2D eigenvalue weighted by atomic mass is 32.2. The number of ether oxygens (including phenoxy) is 1. The molecule has 0 bridgehead atoms. The van der Waals surface area contributed by atoms with Crippen molar-refractivity contribution in [3.05, 3.63) is 53.8 Å². The van der Waals surface area contributed by atoms with Crippen LogP contribution in [0, 0.1) is 5.82 Å². The summed E-state index contributed by atoms with van der Waals surface area (Å²) in [6.07, 6.45) is -0.207. The van der Waals surface area contributed by atoms with E-state index in [0.29, 0.717) is 16.8 Å². The van der Waals surface area contributed by atoms with E-state index in [1.165, 1.54) is 36.1 Å². The highest BCUT2D eigenvalue weighted by Crippen LogP contribution is 2.29. The molecule has 9 nitrogen and oxygen atoms in total. The van der Waals surface area contributed by atoms with Gasteiger partial charge in [0.15, 0.2) is 0 Å². The van der Waals surface area contributed by atoms with Gasteiger partial charge in [-0.15, -0.1) is 4.40 Å². The summed E-state index contributed by atoms with van der Waals surface area (Å²) < 4.78 is 45.8. The minimum Gasteiger partial charge on any atom is -0.442 e. The second-order valence-corrected chi connectivity index (χ2v) is 8.65. The first kappa shape index (κ1) is 22.2. The molecule has 11 heteroatoms. The van der Waals surface area contributed by atoms with Gasteiger partial charge in [0, 0.05) is 18.1 Å². The van der Waals surface area contributed by atoms with Gasteiger partial charge in [0.25, 0.3) is 10.0 Å². The van der Waals surface area contributed by atoms with Gasteiger partial charge < -0.3 is 15.8 Å². The maximum Gasteiger partial charge on any atom is 0.414 e. The number of rotatable bonds is 6. The van der Waals surface area contributed by atoms with Gasteiger partial charge >= 0.3 is 6.09 Å². The zero-order valence-electron chi connectivity index (χ0n) is 16.8. The lowest BCUT2D eigenvalue weighted by Gasteiger charge is -2.14. The molecule has 0 aromatic heterocycles. The topological polar surface area (TPSA) is 131 Å². The van der Waals surface area contributed by atoms with Crippen LogP contribution >= 0.6 is 0 Å². The summed E-state index contributed by atoms with van der Waals surface area (Å²) in [6.45, 7) is 1.73. The molecule has 1 aliphatic heterocycles. The van der Waals surface area contributed by atoms with Crippen LogP contribution in [0.3, 0.4) is 0 Å². The molecule has 0 spiro atoms. The lowest BCUT2D eigenvalue weighted by molar-refractivity contribution is -0.119. The van der Waals surface area contributed by atoms with E-state index in [-0.39, 0.29) is 30.4 Å². The maximum absolute atomic E-state index is 14.8. The van der Waals surface area contributed by atoms with Crippen molar-refractivity contribution in [1.82, 2.24) is 5.32 Å². The van der Waals surface area contributed by atoms with Gasteiger partial charge in [0.2, 0.25) is 5.91 Å². The second-order valence-electron chi connectivity index (χ2n) is 7.00. The van der Waals surface area contributed by atoms with Gasteiger partial charge in [0.05, 0.1) is 25.0 Å². The number of benzene rings is 2. The molecule has 1 atom stereocenters. The molecule has 0 saturated carbocycles. The number of hydrogen-bond acceptors (Lipinski definition) is 5. The lowest BCUT2D eigenvalue weighted by atomic mass is 10.0. The number of amidine groups is 1. The molecule has 0 aliphatic carbocycles. The third-order valence-electron chi connectivity index (χ3n) is 4.47. The van der Waals surface area contributed by atoms with Crippen LogP contribution in [0.1, 0.15) is 12.5 Å². The average molecular weight is 448 g/mol. The van der Waals surface area contributed by atoms with Gasteiger partial charge in [-0.3, -0.25) is 9.69 Å². The number of carbonyl (C=O) groups excluding carboxylic acids is 2. The van der Waals surface area contributed by atoms with E-state index in [1.54, 1.807) is 18.2 Å². The Kier molecular flexibility index (Phi) is 6.25. The first-order valence-electron chi connectivity index (χ1n) is 9.22. The van der Waals surface area contributed by atoms with Crippen LogP contribution in [0.15, 0.2) is 46.9 Å². The van der Waals surface area contributed by atoms with Crippen molar-refractivity contribution in [1.29, 1.82) is 0 Å². The Morgan fingerprint density at radius 1 is 1.29 bits per heavy atom. The molecule has 0 unspecified atom stereocenters. The van der Waals surface area contributed by atoms with Crippen molar-refractivity contribution in [2.24, 2.45) is 10.1 Å². The highest BCUT2D eigenvalue weighted by molar-refractivity contribution is 7.89. The van der Waals surface area contributed by atoms with Crippen LogP contribution in [0.5, 0.6) is 0 Å². The van der Waals surface area contributed by atoms with Crippen LogP contribution in [-0.2, 0) is 19.6 Å². The molecule has 3 rings (SSSR count). The predicted octanol–water partition coefficient (Wildman–Crippen LogP) is 1.62. The largest absolute Gasteiger partial charge is 0.442 e. The fraction of sp³-hybridized carbons (Fsp3) is 0.250. The number of halogens is 1. The number of amides is 2. The number of carbonyl (C=O) groups is 2. The monoisotopic (exact) mass is 448 g/mol. The number of nitrogens with zero attached hydrogens (tertiary/aromatic N) is 2. The molecule has 3 N–H and O–H groups in total. The first-order valence-corrected chi connectivity index (χ1v) is 11.1. The fourth-order valence-electron chi connectivity index (χ4n) is 3.05. The molecule has 1 heterocycles. The van der Waals surface area contributed by atoms with Crippen molar-refractivity contribution in [2.45, 2.75) is 13.0 Å². The van der Waals surface area contributed by atoms with Crippen LogP contribution in [0.25, 0.3) is 11.1 Å². The Labute approximate surface area is 178 Å². The second kappa shape index (κ2) is 8.72. The summed E-state index contributed by atoms with van der Waals surface area (Å²) in [7, 11) is -3.63. The molecular weight excluding hydrogens is 427 g/mol. The number of nitrogens with one attached hydrogen (secondary N) is 1. The van der Waals surface area contributed by atoms with Crippen LogP contribution < -0.4 is 16.0 Å². The summed E-state index contributed by atoms with van der Waals surface area (Å²) in [5.74, 6) is -0.951. The Morgan fingerprint density at radius 3 is 2.55 bits per heavy atom. The van der Waals surface area contributed by atoms with Gasteiger partial charge in [-0.1, -0.05) is 24.3 Å². The number of sulfonamides is 1. The third-order valence-corrected chi connectivity index (χ3v) is 5.00. The molecule has 1 aliphatic rings. The van der Waals surface area contributed by atoms with Crippen molar-refractivity contribution >= 4 is 33.5 Å². The SMILES string of the molecule is CC(=O)NC[C@H]1CN(c2ccc(-c3ccc(/C(N)=N/S(C)(=O)=O)cc3)c(F)c2)C(=O)O1. The van der Waals surface area contributed by atoms with E-state index in [9.17, 15) is 22.4 Å². The van der Waals surface area contributed by atoms with Crippen molar-refractivity contribution in [3.8, 4) is 11.1 Å². The average Bonchev–Trinajstić information content (AvgIpc) is 3.06. The standard InChI is InChI=1S/C20H21FN4O5S/c1-12(26)23-10-16-11-25(20(27)30-16)15-7-8-17(18(21)9-15)13-3-5-14(6-4-13)19(22)24-31(2,28)29/h3-9,16H,10-11H2,1-2H3,(H2,22,24)(H,23,26)/t16-/m0/s1. The lowest BCUT2D eigenvalue weighted by Crippen LogP contribution is -2.33. The molecular formula is C20H21FN4O5S. The number of anilines is 1. The number of nitrogens with two attached hydrogens (primary N) is 1. The maximum atomic E-state index is 14.8. The Balaban J connectivity index is 1.78. The number of hydrogen-bond donors (Lipinski definition) is 2. The first-order chi connectivity index (χ1) is 14.5. The molecule has 2 aromatic rings. The molecule has 2 aromatic carbocycles. The van der Waals surface area contributed by atoms with E-state index >= 15 is 0 Å². The summed E-state index contributed by atoms with van der Waals surface area (Å²) >= 11 is 0. The van der Waals surface area contributed by atoms with Crippen LogP contribution in [0.2, 0.25) is 0 Å². The molecule has 0 radical (unpaired) electrons. The van der Waals surface area contributed by atoms with Crippen molar-refractivity contribution in [2.75, 3.05) is 24.2 Å². The van der Waals surface area contributed by atoms with Crippen LogP contribution in [0.4, 0.5) is 14.9 Å². The minimum atomic E-state index is -3.63. The third kappa shape index (κ3) is 5.57. The van der Waals surface area contributed by atoms with Gasteiger partial charge in [-0.25, -0.2) is 17.6 Å². The molecule has 1 fully saturated rings. The molecule has 164 valence electrons. The summed E-state index contributed by atoms with van der Waals surface area (Å²) in [6, 6.07) is 10.6. The fourth-order valence-corrected chi connectivity index (χ4v) is 3.52. The normalized spacial score (nSPS) is 16.9. The molecule has 1 saturated heterocycles. The van der Waals surface area contributed by atoms with E-state index in [0.717, 1.165) is 6.26 Å². The Hall–Kier alpha value is -3.47.